The Balaban J connectivity index is 2.38. The fourth-order valence-corrected chi connectivity index (χ4v) is 3.02. The van der Waals surface area contributed by atoms with Crippen LogP contribution in [0.25, 0.3) is 5.69 Å². The molecular formula is C18H27N3. The van der Waals surface area contributed by atoms with Crippen LogP contribution in [0.4, 0.5) is 0 Å². The summed E-state index contributed by atoms with van der Waals surface area (Å²) in [4.78, 5) is 0. The van der Waals surface area contributed by atoms with Crippen molar-refractivity contribution in [2.45, 2.75) is 41.0 Å². The summed E-state index contributed by atoms with van der Waals surface area (Å²) in [5, 5.41) is 8.03. The molecule has 0 radical (unpaired) electrons. The Bertz CT molecular complexity index is 626. The lowest BCUT2D eigenvalue weighted by Gasteiger charge is -2.12. The highest BCUT2D eigenvalue weighted by molar-refractivity contribution is 5.44. The van der Waals surface area contributed by atoms with E-state index in [0.717, 1.165) is 18.7 Å². The highest BCUT2D eigenvalue weighted by atomic mass is 15.3. The van der Waals surface area contributed by atoms with Crippen LogP contribution in [0.5, 0.6) is 0 Å². The van der Waals surface area contributed by atoms with Gasteiger partial charge < -0.3 is 5.32 Å². The summed E-state index contributed by atoms with van der Waals surface area (Å²) >= 11 is 0. The number of hydrogen-bond acceptors (Lipinski definition) is 2. The molecule has 1 unspecified atom stereocenters. The van der Waals surface area contributed by atoms with Crippen LogP contribution >= 0.6 is 0 Å². The summed E-state index contributed by atoms with van der Waals surface area (Å²) in [6.45, 7) is 11.9. The first-order valence-corrected chi connectivity index (χ1v) is 7.71. The minimum absolute atomic E-state index is 0.615. The lowest BCUT2D eigenvalue weighted by molar-refractivity contribution is 0.539. The summed E-state index contributed by atoms with van der Waals surface area (Å²) < 4.78 is 2.10. The van der Waals surface area contributed by atoms with Gasteiger partial charge in [0, 0.05) is 5.69 Å². The van der Waals surface area contributed by atoms with Gasteiger partial charge in [-0.1, -0.05) is 24.6 Å². The van der Waals surface area contributed by atoms with Crippen LogP contribution in [0.3, 0.4) is 0 Å². The van der Waals surface area contributed by atoms with E-state index in [0.29, 0.717) is 5.92 Å². The molecule has 0 fully saturated rings. The van der Waals surface area contributed by atoms with Crippen LogP contribution in [0.2, 0.25) is 0 Å². The molecule has 0 bridgehead atoms. The number of nitrogens with zero attached hydrogens (tertiary/aromatic N) is 2. The molecule has 21 heavy (non-hydrogen) atoms. The fourth-order valence-electron chi connectivity index (χ4n) is 3.02. The quantitative estimate of drug-likeness (QED) is 0.911. The third kappa shape index (κ3) is 3.35. The molecule has 0 aliphatic heterocycles. The molecule has 0 spiro atoms. The Kier molecular flexibility index (Phi) is 4.84. The maximum absolute atomic E-state index is 4.78. The number of benzene rings is 1. The second-order valence-electron chi connectivity index (χ2n) is 6.22. The van der Waals surface area contributed by atoms with Crippen LogP contribution in [0, 0.1) is 33.6 Å². The molecule has 1 aromatic carbocycles. The van der Waals surface area contributed by atoms with E-state index in [1.165, 1.54) is 28.1 Å². The third-order valence-electron chi connectivity index (χ3n) is 4.13. The summed E-state index contributed by atoms with van der Waals surface area (Å²) in [7, 11) is 2.01. The summed E-state index contributed by atoms with van der Waals surface area (Å²) in [6.07, 6.45) is 1.07. The van der Waals surface area contributed by atoms with E-state index in [2.05, 4.69) is 62.8 Å². The molecule has 3 nitrogen and oxygen atoms in total. The first kappa shape index (κ1) is 15.8. The highest BCUT2D eigenvalue weighted by Crippen LogP contribution is 2.23. The van der Waals surface area contributed by atoms with Crippen molar-refractivity contribution in [1.29, 1.82) is 0 Å². The summed E-state index contributed by atoms with van der Waals surface area (Å²) in [5.74, 6) is 0.615. The van der Waals surface area contributed by atoms with Gasteiger partial charge in [0.05, 0.1) is 11.4 Å². The van der Waals surface area contributed by atoms with E-state index in [1.807, 2.05) is 7.05 Å². The Morgan fingerprint density at radius 1 is 1.19 bits per heavy atom. The van der Waals surface area contributed by atoms with E-state index in [1.54, 1.807) is 0 Å². The van der Waals surface area contributed by atoms with E-state index in [9.17, 15) is 0 Å². The largest absolute Gasteiger partial charge is 0.319 e. The average molecular weight is 285 g/mol. The standard InChI is InChI=1S/C18H27N3/c1-12-7-8-18(14(3)9-12)21-16(5)17(15(4)20-21)10-13(2)11-19-6/h7-9,13,19H,10-11H2,1-6H3. The van der Waals surface area contributed by atoms with Crippen LogP contribution in [0.1, 0.15) is 35.0 Å². The molecule has 114 valence electrons. The summed E-state index contributed by atoms with van der Waals surface area (Å²) in [5.41, 5.74) is 7.56. The zero-order valence-corrected chi connectivity index (χ0v) is 14.1. The lowest BCUT2D eigenvalue weighted by Crippen LogP contribution is -2.18. The number of aromatic nitrogens is 2. The SMILES string of the molecule is CNCC(C)Cc1c(C)nn(-c2ccc(C)cc2C)c1C. The highest BCUT2D eigenvalue weighted by Gasteiger charge is 2.16. The van der Waals surface area contributed by atoms with Gasteiger partial charge in [-0.3, -0.25) is 0 Å². The van der Waals surface area contributed by atoms with E-state index < -0.39 is 0 Å². The molecule has 1 atom stereocenters. The number of nitrogens with one attached hydrogen (secondary N) is 1. The van der Waals surface area contributed by atoms with Crippen molar-refractivity contribution < 1.29 is 0 Å². The van der Waals surface area contributed by atoms with Crippen molar-refractivity contribution in [1.82, 2.24) is 15.1 Å². The molecule has 1 N–H and O–H groups in total. The smallest absolute Gasteiger partial charge is 0.0678 e. The first-order valence-electron chi connectivity index (χ1n) is 7.71. The second-order valence-corrected chi connectivity index (χ2v) is 6.22. The molecule has 0 aliphatic carbocycles. The van der Waals surface area contributed by atoms with Crippen LogP contribution < -0.4 is 5.32 Å². The molecule has 1 heterocycles. The predicted molar refractivity (Wildman–Crippen MR) is 89.3 cm³/mol. The molecule has 3 heteroatoms. The molecule has 2 rings (SSSR count). The van der Waals surface area contributed by atoms with Gasteiger partial charge in [-0.25, -0.2) is 4.68 Å². The number of hydrogen-bond donors (Lipinski definition) is 1. The van der Waals surface area contributed by atoms with Crippen molar-refractivity contribution in [3.05, 3.63) is 46.3 Å². The van der Waals surface area contributed by atoms with Crippen LogP contribution in [0.15, 0.2) is 18.2 Å². The Labute approximate surface area is 128 Å². The van der Waals surface area contributed by atoms with Crippen LogP contribution in [-0.2, 0) is 6.42 Å². The molecule has 2 aromatic rings. The molecule has 0 aliphatic rings. The summed E-state index contributed by atoms with van der Waals surface area (Å²) in [6, 6.07) is 6.54. The monoisotopic (exact) mass is 285 g/mol. The van der Waals surface area contributed by atoms with Gasteiger partial charge in [0.15, 0.2) is 0 Å². The molecular weight excluding hydrogens is 258 g/mol. The minimum atomic E-state index is 0.615. The van der Waals surface area contributed by atoms with Gasteiger partial charge in [-0.15, -0.1) is 0 Å². The number of rotatable bonds is 5. The minimum Gasteiger partial charge on any atom is -0.319 e. The zero-order chi connectivity index (χ0) is 15.6. The third-order valence-corrected chi connectivity index (χ3v) is 4.13. The molecule has 0 saturated carbocycles. The van der Waals surface area contributed by atoms with E-state index >= 15 is 0 Å². The van der Waals surface area contributed by atoms with Crippen molar-refractivity contribution in [3.8, 4) is 5.69 Å². The first-order chi connectivity index (χ1) is 9.93. The van der Waals surface area contributed by atoms with Crippen molar-refractivity contribution in [2.75, 3.05) is 13.6 Å². The Morgan fingerprint density at radius 2 is 1.90 bits per heavy atom. The average Bonchev–Trinajstić information content (AvgIpc) is 2.67. The van der Waals surface area contributed by atoms with Crippen molar-refractivity contribution in [3.63, 3.8) is 0 Å². The molecule has 0 amide bonds. The fraction of sp³-hybridized carbons (Fsp3) is 0.500. The van der Waals surface area contributed by atoms with Gasteiger partial charge in [-0.05, 0) is 70.8 Å². The van der Waals surface area contributed by atoms with E-state index in [-0.39, 0.29) is 0 Å². The predicted octanol–water partition coefficient (Wildman–Crippen LogP) is 3.50. The maximum Gasteiger partial charge on any atom is 0.0678 e. The topological polar surface area (TPSA) is 29.9 Å². The molecule has 0 saturated heterocycles. The Morgan fingerprint density at radius 3 is 2.52 bits per heavy atom. The number of aryl methyl sites for hydroxylation is 3. The maximum atomic E-state index is 4.78. The van der Waals surface area contributed by atoms with Crippen LogP contribution in [-0.4, -0.2) is 23.4 Å². The zero-order valence-electron chi connectivity index (χ0n) is 14.1. The van der Waals surface area contributed by atoms with E-state index in [4.69, 9.17) is 5.10 Å². The van der Waals surface area contributed by atoms with Crippen molar-refractivity contribution in [2.24, 2.45) is 5.92 Å². The lowest BCUT2D eigenvalue weighted by atomic mass is 9.99. The Hall–Kier alpha value is -1.61. The normalized spacial score (nSPS) is 12.7. The van der Waals surface area contributed by atoms with Gasteiger partial charge in [0.2, 0.25) is 0 Å². The molecule has 1 aromatic heterocycles. The van der Waals surface area contributed by atoms with Gasteiger partial charge in [0.25, 0.3) is 0 Å². The van der Waals surface area contributed by atoms with Crippen molar-refractivity contribution >= 4 is 0 Å². The van der Waals surface area contributed by atoms with Gasteiger partial charge >= 0.3 is 0 Å². The van der Waals surface area contributed by atoms with Gasteiger partial charge in [0.1, 0.15) is 0 Å². The van der Waals surface area contributed by atoms with Gasteiger partial charge in [-0.2, -0.15) is 5.10 Å². The second kappa shape index (κ2) is 6.44.